The summed E-state index contributed by atoms with van der Waals surface area (Å²) in [6.07, 6.45) is 4.36. The van der Waals surface area contributed by atoms with Crippen LogP contribution in [0.4, 0.5) is 17.1 Å². The number of nitrogens with one attached hydrogen (secondary N) is 1. The maximum Gasteiger partial charge on any atom is 0.264 e. The number of imidazole rings is 2. The number of fused-ring (bicyclic) bond motifs is 2. The molecule has 314 valence electrons. The lowest BCUT2D eigenvalue weighted by atomic mass is 9.94. The number of anilines is 3. The Kier molecular flexibility index (Phi) is 12.9. The van der Waals surface area contributed by atoms with E-state index in [0.717, 1.165) is 93.3 Å². The molecule has 0 radical (unpaired) electrons. The fraction of sp³-hybridized carbons (Fsp3) is 0.533. The zero-order valence-corrected chi connectivity index (χ0v) is 36.9. The van der Waals surface area contributed by atoms with Crippen LogP contribution in [0, 0.1) is 11.8 Å². The average Bonchev–Trinajstić information content (AvgIpc) is 3.76. The Morgan fingerprint density at radius 3 is 1.62 bits per heavy atom. The smallest absolute Gasteiger partial charge is 0.264 e. The predicted octanol–water partition coefficient (Wildman–Crippen LogP) is 8.37. The van der Waals surface area contributed by atoms with Gasteiger partial charge in [-0.25, -0.2) is 18.4 Å². The molecule has 2 aliphatic heterocycles. The number of ether oxygens (including phenoxy) is 2. The van der Waals surface area contributed by atoms with Gasteiger partial charge in [0.15, 0.2) is 0 Å². The summed E-state index contributed by atoms with van der Waals surface area (Å²) in [7, 11) is 1.36. The van der Waals surface area contributed by atoms with Crippen LogP contribution >= 0.6 is 0 Å². The summed E-state index contributed by atoms with van der Waals surface area (Å²) in [5, 5.41) is 3.20. The highest BCUT2D eigenvalue weighted by Crippen LogP contribution is 2.33. The van der Waals surface area contributed by atoms with E-state index in [-0.39, 0.29) is 21.6 Å². The largest absolute Gasteiger partial charge is 0.388 e. The Morgan fingerprint density at radius 2 is 1.17 bits per heavy atom. The van der Waals surface area contributed by atoms with Crippen LogP contribution < -0.4 is 14.5 Å². The molecule has 2 aliphatic rings. The zero-order valence-electron chi connectivity index (χ0n) is 36.1. The zero-order chi connectivity index (χ0) is 42.0. The van der Waals surface area contributed by atoms with E-state index in [1.807, 2.05) is 25.2 Å². The number of sulfonamides is 1. The number of amides is 1. The Bertz CT molecular complexity index is 2310. The number of hydrogen-bond acceptors (Lipinski definition) is 8. The summed E-state index contributed by atoms with van der Waals surface area (Å²) < 4.78 is 43.8. The maximum absolute atomic E-state index is 13.4. The van der Waals surface area contributed by atoms with Gasteiger partial charge >= 0.3 is 0 Å². The van der Waals surface area contributed by atoms with Crippen LogP contribution in [-0.4, -0.2) is 81.0 Å². The van der Waals surface area contributed by atoms with Crippen LogP contribution in [0.3, 0.4) is 0 Å². The summed E-state index contributed by atoms with van der Waals surface area (Å²) in [4.78, 5) is 23.2. The van der Waals surface area contributed by atoms with E-state index in [2.05, 4.69) is 74.2 Å². The molecule has 13 heteroatoms. The van der Waals surface area contributed by atoms with E-state index in [1.54, 1.807) is 26.2 Å². The molecule has 12 nitrogen and oxygen atoms in total. The number of nitrogens with zero attached hydrogens (tertiary/aromatic N) is 6. The molecule has 0 aliphatic carbocycles. The van der Waals surface area contributed by atoms with Gasteiger partial charge in [0.25, 0.3) is 10.0 Å². The standard InChI is InChI=1S/C27H36N4O4S.C18H27N3O/c1-19(32)29(5)21-7-10-23(11-8-21)36(33,34)30(6)22-9-12-25-24(17-22)28-26(27(2,3)4)31(25)18-20-13-15-35-16-14-20;1-18(2,3)17-20-15-11-14(19-4)5-6-16(15)21(17)12-13-7-9-22-10-8-13/h7-12,17,20H,13-16,18H2,1-6H3;5-6,11,13,19H,7-10,12H2,1-4H3. The molecule has 0 unspecified atom stereocenters. The van der Waals surface area contributed by atoms with Gasteiger partial charge in [0.1, 0.15) is 11.6 Å². The highest BCUT2D eigenvalue weighted by atomic mass is 32.2. The van der Waals surface area contributed by atoms with E-state index in [1.165, 1.54) is 39.6 Å². The van der Waals surface area contributed by atoms with Crippen molar-refractivity contribution in [3.63, 3.8) is 0 Å². The lowest BCUT2D eigenvalue weighted by Crippen LogP contribution is -2.27. The van der Waals surface area contributed by atoms with Crippen molar-refractivity contribution < 1.29 is 22.7 Å². The van der Waals surface area contributed by atoms with Crippen LogP contribution in [0.2, 0.25) is 0 Å². The van der Waals surface area contributed by atoms with E-state index in [0.29, 0.717) is 23.2 Å². The monoisotopic (exact) mass is 813 g/mol. The first-order valence-electron chi connectivity index (χ1n) is 20.6. The van der Waals surface area contributed by atoms with Gasteiger partial charge in [-0.2, -0.15) is 0 Å². The van der Waals surface area contributed by atoms with Gasteiger partial charge in [0, 0.05) is 89.8 Å². The number of carbonyl (C=O) groups is 1. The molecule has 2 fully saturated rings. The third-order valence-corrected chi connectivity index (χ3v) is 13.2. The van der Waals surface area contributed by atoms with Crippen LogP contribution in [0.15, 0.2) is 65.6 Å². The van der Waals surface area contributed by atoms with Crippen molar-refractivity contribution in [1.29, 1.82) is 0 Å². The van der Waals surface area contributed by atoms with E-state index in [9.17, 15) is 13.2 Å². The van der Waals surface area contributed by atoms with Gasteiger partial charge < -0.3 is 28.8 Å². The molecule has 5 aromatic rings. The minimum Gasteiger partial charge on any atom is -0.388 e. The highest BCUT2D eigenvalue weighted by molar-refractivity contribution is 7.92. The van der Waals surface area contributed by atoms with Gasteiger partial charge in [-0.05, 0) is 98.2 Å². The van der Waals surface area contributed by atoms with Crippen molar-refractivity contribution in [3.05, 3.63) is 72.3 Å². The number of carbonyl (C=O) groups excluding carboxylic acids is 1. The molecule has 3 aromatic carbocycles. The first-order valence-corrected chi connectivity index (χ1v) is 22.0. The molecule has 58 heavy (non-hydrogen) atoms. The van der Waals surface area contributed by atoms with Crippen molar-refractivity contribution in [2.75, 3.05) is 62.1 Å². The number of aromatic nitrogens is 4. The number of rotatable bonds is 9. The first kappa shape index (κ1) is 43.1. The molecule has 4 heterocycles. The Morgan fingerprint density at radius 1 is 0.724 bits per heavy atom. The minimum absolute atomic E-state index is 0.0456. The molecule has 7 rings (SSSR count). The summed E-state index contributed by atoms with van der Waals surface area (Å²) in [6, 6.07) is 18.5. The van der Waals surface area contributed by atoms with Crippen molar-refractivity contribution in [3.8, 4) is 0 Å². The van der Waals surface area contributed by atoms with Crippen molar-refractivity contribution in [1.82, 2.24) is 19.1 Å². The summed E-state index contributed by atoms with van der Waals surface area (Å²) in [5.74, 6) is 3.28. The Balaban J connectivity index is 0.000000220. The summed E-state index contributed by atoms with van der Waals surface area (Å²) in [5.41, 5.74) is 6.31. The van der Waals surface area contributed by atoms with Crippen LogP contribution in [0.25, 0.3) is 22.1 Å². The number of benzene rings is 3. The van der Waals surface area contributed by atoms with Gasteiger partial charge in [0.2, 0.25) is 5.91 Å². The Labute approximate surface area is 345 Å². The van der Waals surface area contributed by atoms with Crippen LogP contribution in [0.5, 0.6) is 0 Å². The van der Waals surface area contributed by atoms with Crippen molar-refractivity contribution in [2.24, 2.45) is 11.8 Å². The molecule has 2 aromatic heterocycles. The second-order valence-corrected chi connectivity index (χ2v) is 19.8. The molecular weight excluding hydrogens is 751 g/mol. The van der Waals surface area contributed by atoms with Crippen molar-refractivity contribution in [2.45, 2.75) is 103 Å². The lowest BCUT2D eigenvalue weighted by Gasteiger charge is -2.26. The van der Waals surface area contributed by atoms with Crippen LogP contribution in [0.1, 0.15) is 85.8 Å². The van der Waals surface area contributed by atoms with E-state index < -0.39 is 10.0 Å². The predicted molar refractivity (Wildman–Crippen MR) is 235 cm³/mol. The second-order valence-electron chi connectivity index (χ2n) is 17.9. The van der Waals surface area contributed by atoms with E-state index >= 15 is 0 Å². The van der Waals surface area contributed by atoms with Gasteiger partial charge in [0.05, 0.1) is 32.6 Å². The molecular formula is C45H63N7O5S. The topological polar surface area (TPSA) is 124 Å². The average molecular weight is 814 g/mol. The van der Waals surface area contributed by atoms with Gasteiger partial charge in [-0.1, -0.05) is 41.5 Å². The fourth-order valence-corrected chi connectivity index (χ4v) is 9.00. The third kappa shape index (κ3) is 9.53. The van der Waals surface area contributed by atoms with E-state index in [4.69, 9.17) is 19.4 Å². The van der Waals surface area contributed by atoms with Crippen molar-refractivity contribution >= 4 is 55.1 Å². The highest BCUT2D eigenvalue weighted by Gasteiger charge is 2.28. The lowest BCUT2D eigenvalue weighted by molar-refractivity contribution is -0.116. The maximum atomic E-state index is 13.4. The molecule has 0 spiro atoms. The normalized spacial score (nSPS) is 16.0. The van der Waals surface area contributed by atoms with Gasteiger partial charge in [-0.3, -0.25) is 9.10 Å². The molecule has 0 atom stereocenters. The first-order chi connectivity index (χ1) is 27.4. The van der Waals surface area contributed by atoms with Gasteiger partial charge in [-0.15, -0.1) is 0 Å². The number of hydrogen-bond donors (Lipinski definition) is 1. The second kappa shape index (κ2) is 17.4. The molecule has 2 saturated heterocycles. The quantitative estimate of drug-likeness (QED) is 0.158. The molecule has 1 N–H and O–H groups in total. The SMILES string of the molecule is CC(=O)N(C)c1ccc(S(=O)(=O)N(C)c2ccc3c(c2)nc(C(C)(C)C)n3CC2CCOCC2)cc1.CNc1ccc2c(c1)nc(C(C)(C)C)n2CC1CCOCC1. The minimum atomic E-state index is -3.80. The molecule has 1 amide bonds. The summed E-state index contributed by atoms with van der Waals surface area (Å²) in [6.45, 7) is 19.9. The molecule has 0 saturated carbocycles. The summed E-state index contributed by atoms with van der Waals surface area (Å²) >= 11 is 0. The molecule has 0 bridgehead atoms. The van der Waals surface area contributed by atoms with Crippen LogP contribution in [-0.2, 0) is 48.2 Å². The Hall–Kier alpha value is -4.46. The third-order valence-electron chi connectivity index (χ3n) is 11.4. The fourth-order valence-electron chi connectivity index (χ4n) is 7.81.